The monoisotopic (exact) mass is 378 g/mol. The summed E-state index contributed by atoms with van der Waals surface area (Å²) >= 11 is 6.44. The highest BCUT2D eigenvalue weighted by Gasteiger charge is 1.96. The van der Waals surface area contributed by atoms with Crippen molar-refractivity contribution in [3.63, 3.8) is 0 Å². The lowest BCUT2D eigenvalue weighted by atomic mass is 10.2. The quantitative estimate of drug-likeness (QED) is 0.379. The van der Waals surface area contributed by atoms with Crippen LogP contribution in [0.1, 0.15) is 0 Å². The van der Waals surface area contributed by atoms with E-state index in [1.54, 1.807) is 24.8 Å². The highest BCUT2D eigenvalue weighted by atomic mass is 33.1. The summed E-state index contributed by atoms with van der Waals surface area (Å²) in [7, 11) is 0. The van der Waals surface area contributed by atoms with Gasteiger partial charge in [-0.1, -0.05) is 24.3 Å². The van der Waals surface area contributed by atoms with Crippen LogP contribution in [-0.2, 0) is 0 Å². The van der Waals surface area contributed by atoms with Crippen molar-refractivity contribution in [2.24, 2.45) is 0 Å². The first-order valence-electron chi connectivity index (χ1n) is 7.78. The maximum absolute atomic E-state index is 4.19. The van der Waals surface area contributed by atoms with Gasteiger partial charge < -0.3 is 0 Å². The van der Waals surface area contributed by atoms with Gasteiger partial charge in [0, 0.05) is 24.8 Å². The molecule has 0 fully saturated rings. The third-order valence-corrected chi connectivity index (χ3v) is 3.18. The minimum absolute atomic E-state index is 0.915. The second-order valence-corrected chi connectivity index (χ2v) is 4.86. The molecule has 0 aliphatic carbocycles. The van der Waals surface area contributed by atoms with Crippen LogP contribution in [0.15, 0.2) is 97.6 Å². The van der Waals surface area contributed by atoms with Crippen molar-refractivity contribution in [2.75, 3.05) is 0 Å². The van der Waals surface area contributed by atoms with E-state index in [9.17, 15) is 0 Å². The zero-order chi connectivity index (χ0) is 18.5. The van der Waals surface area contributed by atoms with Crippen LogP contribution >= 0.6 is 23.3 Å². The van der Waals surface area contributed by atoms with Crippen molar-refractivity contribution in [3.8, 4) is 22.8 Å². The van der Waals surface area contributed by atoms with E-state index < -0.39 is 0 Å². The molecule has 0 atom stereocenters. The summed E-state index contributed by atoms with van der Waals surface area (Å²) in [5.41, 5.74) is 3.66. The Balaban J connectivity index is 0.000000171. The predicted octanol–water partition coefficient (Wildman–Crippen LogP) is 5.05. The molecule has 26 heavy (non-hydrogen) atoms. The Morgan fingerprint density at radius 1 is 0.385 bits per heavy atom. The molecule has 4 heterocycles. The molecule has 0 unspecified atom stereocenters. The van der Waals surface area contributed by atoms with E-state index in [4.69, 9.17) is 0 Å². The van der Waals surface area contributed by atoms with Crippen LogP contribution in [0.4, 0.5) is 0 Å². The number of hydrogen-bond donors (Lipinski definition) is 2. The second kappa shape index (κ2) is 11.8. The molecule has 0 aliphatic heterocycles. The molecule has 6 heteroatoms. The third kappa shape index (κ3) is 6.31. The molecule has 0 saturated heterocycles. The number of rotatable bonds is 2. The molecular formula is C20H18N4S2. The van der Waals surface area contributed by atoms with Crippen LogP contribution in [0.25, 0.3) is 22.8 Å². The number of thiol groups is 2. The molecule has 4 aromatic heterocycles. The van der Waals surface area contributed by atoms with Crippen LogP contribution in [0.3, 0.4) is 0 Å². The van der Waals surface area contributed by atoms with Gasteiger partial charge in [0.2, 0.25) is 0 Å². The van der Waals surface area contributed by atoms with Gasteiger partial charge in [-0.25, -0.2) is 0 Å². The topological polar surface area (TPSA) is 51.6 Å². The van der Waals surface area contributed by atoms with Gasteiger partial charge in [0.05, 0.1) is 22.8 Å². The maximum atomic E-state index is 4.19. The van der Waals surface area contributed by atoms with Gasteiger partial charge in [-0.05, 0) is 48.5 Å². The van der Waals surface area contributed by atoms with Crippen molar-refractivity contribution >= 4 is 23.3 Å². The molecule has 0 amide bonds. The molecule has 4 nitrogen and oxygen atoms in total. The lowest BCUT2D eigenvalue weighted by molar-refractivity contribution is 1.25. The second-order valence-electron chi connectivity index (χ2n) is 4.86. The van der Waals surface area contributed by atoms with Crippen molar-refractivity contribution < 1.29 is 0 Å². The van der Waals surface area contributed by atoms with Crippen molar-refractivity contribution in [1.82, 2.24) is 19.9 Å². The summed E-state index contributed by atoms with van der Waals surface area (Å²) in [4.78, 5) is 16.7. The standard InChI is InChI=1S/2C10H8N2.H2S2/c2*1-3-7-11-9(5-1)10-6-2-4-8-12-10;1-2/h2*1-8H;1-2H. The van der Waals surface area contributed by atoms with Crippen molar-refractivity contribution in [3.05, 3.63) is 97.6 Å². The lowest BCUT2D eigenvalue weighted by Crippen LogP contribution is -1.83. The fourth-order valence-corrected chi connectivity index (χ4v) is 2.06. The van der Waals surface area contributed by atoms with Gasteiger partial charge in [-0.15, -0.1) is 23.3 Å². The molecule has 4 aromatic rings. The van der Waals surface area contributed by atoms with E-state index in [1.165, 1.54) is 0 Å². The van der Waals surface area contributed by atoms with E-state index in [1.807, 2.05) is 72.8 Å². The van der Waals surface area contributed by atoms with Crippen LogP contribution in [-0.4, -0.2) is 19.9 Å². The summed E-state index contributed by atoms with van der Waals surface area (Å²) < 4.78 is 0. The van der Waals surface area contributed by atoms with Gasteiger partial charge in [0.1, 0.15) is 0 Å². The molecule has 0 radical (unpaired) electrons. The Kier molecular flexibility index (Phi) is 8.89. The first-order valence-corrected chi connectivity index (χ1v) is 9.38. The SMILES string of the molecule is SS.c1ccc(-c2ccccn2)nc1.c1ccc(-c2ccccn2)nc1. The minimum Gasteiger partial charge on any atom is -0.255 e. The predicted molar refractivity (Wildman–Crippen MR) is 113 cm³/mol. The van der Waals surface area contributed by atoms with E-state index in [2.05, 4.69) is 43.3 Å². The van der Waals surface area contributed by atoms with E-state index in [0.29, 0.717) is 0 Å². The van der Waals surface area contributed by atoms with Crippen LogP contribution in [0.2, 0.25) is 0 Å². The molecule has 130 valence electrons. The molecule has 4 rings (SSSR count). The fourth-order valence-electron chi connectivity index (χ4n) is 2.06. The smallest absolute Gasteiger partial charge is 0.0886 e. The molecule has 0 spiro atoms. The summed E-state index contributed by atoms with van der Waals surface area (Å²) in [6.07, 6.45) is 7.07. The lowest BCUT2D eigenvalue weighted by Gasteiger charge is -1.96. The Hall–Kier alpha value is -2.70. The molecule has 0 aromatic carbocycles. The van der Waals surface area contributed by atoms with Gasteiger partial charge >= 0.3 is 0 Å². The van der Waals surface area contributed by atoms with E-state index in [-0.39, 0.29) is 0 Å². The number of nitrogens with zero attached hydrogens (tertiary/aromatic N) is 4. The van der Waals surface area contributed by atoms with Crippen LogP contribution in [0.5, 0.6) is 0 Å². The third-order valence-electron chi connectivity index (χ3n) is 3.18. The van der Waals surface area contributed by atoms with Gasteiger partial charge in [-0.2, -0.15) is 0 Å². The molecule has 0 aliphatic rings. The van der Waals surface area contributed by atoms with Gasteiger partial charge in [-0.3, -0.25) is 19.9 Å². The largest absolute Gasteiger partial charge is 0.255 e. The molecular weight excluding hydrogens is 360 g/mol. The van der Waals surface area contributed by atoms with Crippen LogP contribution < -0.4 is 0 Å². The maximum Gasteiger partial charge on any atom is 0.0886 e. The average molecular weight is 379 g/mol. The average Bonchev–Trinajstić information content (AvgIpc) is 2.78. The number of pyridine rings is 4. The number of hydrogen-bond acceptors (Lipinski definition) is 6. The van der Waals surface area contributed by atoms with E-state index in [0.717, 1.165) is 22.8 Å². The van der Waals surface area contributed by atoms with E-state index >= 15 is 0 Å². The van der Waals surface area contributed by atoms with Gasteiger partial charge in [0.15, 0.2) is 0 Å². The molecule has 0 saturated carbocycles. The van der Waals surface area contributed by atoms with Crippen molar-refractivity contribution in [1.29, 1.82) is 0 Å². The Bertz CT molecular complexity index is 696. The summed E-state index contributed by atoms with van der Waals surface area (Å²) in [5, 5.41) is 0. The Morgan fingerprint density at radius 2 is 0.615 bits per heavy atom. The summed E-state index contributed by atoms with van der Waals surface area (Å²) in [5.74, 6) is 0. The Labute approximate surface area is 163 Å². The first-order chi connectivity index (χ1) is 12.9. The highest BCUT2D eigenvalue weighted by Crippen LogP contribution is 2.11. The minimum atomic E-state index is 0.915. The zero-order valence-electron chi connectivity index (χ0n) is 13.9. The van der Waals surface area contributed by atoms with Gasteiger partial charge in [0.25, 0.3) is 0 Å². The summed E-state index contributed by atoms with van der Waals surface area (Å²) in [6.45, 7) is 0. The first kappa shape index (κ1) is 19.6. The normalized spacial score (nSPS) is 9.15. The fraction of sp³-hybridized carbons (Fsp3) is 0. The highest BCUT2D eigenvalue weighted by molar-refractivity contribution is 8.59. The molecule has 0 N–H and O–H groups in total. The van der Waals surface area contributed by atoms with Crippen molar-refractivity contribution in [2.45, 2.75) is 0 Å². The van der Waals surface area contributed by atoms with Crippen LogP contribution in [0, 0.1) is 0 Å². The Morgan fingerprint density at radius 3 is 0.769 bits per heavy atom. The number of aromatic nitrogens is 4. The zero-order valence-corrected chi connectivity index (χ0v) is 15.7. The summed E-state index contributed by atoms with van der Waals surface area (Å²) in [6, 6.07) is 23.2. The molecule has 0 bridgehead atoms.